The Hall–Kier alpha value is -3.33. The molecule has 4 rings (SSSR count). The zero-order chi connectivity index (χ0) is 25.9. The van der Waals surface area contributed by atoms with E-state index in [1.54, 1.807) is 55.5 Å². The summed E-state index contributed by atoms with van der Waals surface area (Å²) in [5, 5.41) is 0. The summed E-state index contributed by atoms with van der Waals surface area (Å²) in [5.41, 5.74) is 3.32. The third kappa shape index (κ3) is 4.84. The molecule has 0 spiro atoms. The number of para-hydroxylation sites is 1. The van der Waals surface area contributed by atoms with Crippen molar-refractivity contribution >= 4 is 33.5 Å². The standard InChI is InChI=1S/C27H32N2O6S/c1-4-6-17-35-25(30)18-24-22-15-16-28(36(32,33)20-13-11-19(3)12-14-20)26(22)21-9-7-8-10-23(21)29(24)27(31)34-5-2/h7-14,24H,4-6,15-18H2,1-3H3. The molecule has 0 bridgehead atoms. The number of hydrogen-bond acceptors (Lipinski definition) is 6. The van der Waals surface area contributed by atoms with E-state index in [1.807, 2.05) is 13.8 Å². The lowest BCUT2D eigenvalue weighted by Crippen LogP contribution is -2.46. The van der Waals surface area contributed by atoms with Crippen molar-refractivity contribution in [3.05, 3.63) is 65.2 Å². The SMILES string of the molecule is CCCCOC(=O)CC1C2=C(c3ccccc3N1C(=O)OCC)N(S(=O)(=O)c1ccc(C)cc1)CC2. The number of benzene rings is 2. The van der Waals surface area contributed by atoms with Gasteiger partial charge in [0.05, 0.1) is 42.0 Å². The second-order valence-corrected chi connectivity index (χ2v) is 10.8. The number of sulfonamides is 1. The van der Waals surface area contributed by atoms with Gasteiger partial charge in [0.2, 0.25) is 0 Å². The molecule has 192 valence electrons. The molecule has 2 aliphatic heterocycles. The maximum Gasteiger partial charge on any atom is 0.414 e. The summed E-state index contributed by atoms with van der Waals surface area (Å²) >= 11 is 0. The van der Waals surface area contributed by atoms with Crippen molar-refractivity contribution in [3.63, 3.8) is 0 Å². The van der Waals surface area contributed by atoms with Crippen LogP contribution in [0.25, 0.3) is 5.70 Å². The van der Waals surface area contributed by atoms with Crippen molar-refractivity contribution in [2.45, 2.75) is 57.4 Å². The molecule has 36 heavy (non-hydrogen) atoms. The number of esters is 1. The first kappa shape index (κ1) is 25.8. The van der Waals surface area contributed by atoms with Gasteiger partial charge in [-0.05, 0) is 50.5 Å². The summed E-state index contributed by atoms with van der Waals surface area (Å²) in [6.07, 6.45) is 1.35. The molecule has 9 heteroatoms. The van der Waals surface area contributed by atoms with Gasteiger partial charge in [0, 0.05) is 12.1 Å². The van der Waals surface area contributed by atoms with E-state index in [2.05, 4.69) is 0 Å². The third-order valence-corrected chi connectivity index (χ3v) is 8.28. The van der Waals surface area contributed by atoms with Crippen LogP contribution >= 0.6 is 0 Å². The van der Waals surface area contributed by atoms with E-state index in [0.29, 0.717) is 35.5 Å². The minimum absolute atomic E-state index is 0.0892. The number of nitrogens with zero attached hydrogens (tertiary/aromatic N) is 2. The highest BCUT2D eigenvalue weighted by atomic mass is 32.2. The molecule has 1 unspecified atom stereocenters. The number of unbranched alkanes of at least 4 members (excludes halogenated alkanes) is 1. The van der Waals surface area contributed by atoms with E-state index < -0.39 is 28.1 Å². The minimum atomic E-state index is -3.86. The van der Waals surface area contributed by atoms with E-state index in [9.17, 15) is 18.0 Å². The quantitative estimate of drug-likeness (QED) is 0.370. The highest BCUT2D eigenvalue weighted by Gasteiger charge is 2.45. The molecule has 2 aliphatic rings. The van der Waals surface area contributed by atoms with Gasteiger partial charge in [-0.25, -0.2) is 13.2 Å². The van der Waals surface area contributed by atoms with Gasteiger partial charge in [0.1, 0.15) is 0 Å². The summed E-state index contributed by atoms with van der Waals surface area (Å²) in [5.74, 6) is -0.436. The third-order valence-electron chi connectivity index (χ3n) is 6.46. The Morgan fingerprint density at radius 2 is 1.75 bits per heavy atom. The van der Waals surface area contributed by atoms with Crippen molar-refractivity contribution in [1.29, 1.82) is 0 Å². The molecular weight excluding hydrogens is 480 g/mol. The fraction of sp³-hybridized carbons (Fsp3) is 0.407. The predicted octanol–water partition coefficient (Wildman–Crippen LogP) is 4.88. The molecule has 1 atom stereocenters. The molecule has 0 aliphatic carbocycles. The van der Waals surface area contributed by atoms with E-state index in [-0.39, 0.29) is 24.5 Å². The van der Waals surface area contributed by atoms with Crippen LogP contribution in [-0.2, 0) is 24.3 Å². The molecular formula is C27H32N2O6S. The van der Waals surface area contributed by atoms with Gasteiger partial charge < -0.3 is 9.47 Å². The van der Waals surface area contributed by atoms with Gasteiger partial charge in [-0.1, -0.05) is 49.2 Å². The summed E-state index contributed by atoms with van der Waals surface area (Å²) in [6, 6.07) is 13.2. The maximum atomic E-state index is 13.7. The number of anilines is 1. The molecule has 8 nitrogen and oxygen atoms in total. The van der Waals surface area contributed by atoms with Crippen molar-refractivity contribution in [1.82, 2.24) is 4.31 Å². The normalized spacial score (nSPS) is 17.0. The number of amides is 1. The number of hydrogen-bond donors (Lipinski definition) is 0. The van der Waals surface area contributed by atoms with Gasteiger partial charge in [-0.2, -0.15) is 0 Å². The first-order valence-electron chi connectivity index (χ1n) is 12.3. The van der Waals surface area contributed by atoms with Gasteiger partial charge in [0.25, 0.3) is 10.0 Å². The molecule has 2 heterocycles. The average molecular weight is 513 g/mol. The Morgan fingerprint density at radius 3 is 2.44 bits per heavy atom. The Morgan fingerprint density at radius 1 is 1.03 bits per heavy atom. The lowest BCUT2D eigenvalue weighted by molar-refractivity contribution is -0.143. The van der Waals surface area contributed by atoms with Gasteiger partial charge in [-0.15, -0.1) is 0 Å². The van der Waals surface area contributed by atoms with Crippen LogP contribution in [0.5, 0.6) is 0 Å². The first-order valence-corrected chi connectivity index (χ1v) is 13.8. The van der Waals surface area contributed by atoms with Crippen molar-refractivity contribution in [3.8, 4) is 0 Å². The first-order chi connectivity index (χ1) is 17.3. The average Bonchev–Trinajstić information content (AvgIpc) is 3.31. The molecule has 2 aromatic carbocycles. The van der Waals surface area contributed by atoms with E-state index in [0.717, 1.165) is 18.4 Å². The second kappa shape index (κ2) is 10.7. The van der Waals surface area contributed by atoms with E-state index >= 15 is 0 Å². The van der Waals surface area contributed by atoms with Crippen LogP contribution in [0.1, 0.15) is 50.7 Å². The molecule has 0 fully saturated rings. The Labute approximate surface area is 212 Å². The van der Waals surface area contributed by atoms with Crippen LogP contribution in [0.15, 0.2) is 59.0 Å². The number of carbonyl (C=O) groups is 2. The number of carbonyl (C=O) groups excluding carboxylic acids is 2. The molecule has 1 amide bonds. The Bertz CT molecular complexity index is 1270. The number of aryl methyl sites for hydroxylation is 1. The largest absolute Gasteiger partial charge is 0.466 e. The van der Waals surface area contributed by atoms with Crippen LogP contribution in [0.4, 0.5) is 10.5 Å². The highest BCUT2D eigenvalue weighted by molar-refractivity contribution is 7.89. The van der Waals surface area contributed by atoms with Gasteiger partial charge in [-0.3, -0.25) is 14.0 Å². The lowest BCUT2D eigenvalue weighted by Gasteiger charge is -2.38. The predicted molar refractivity (Wildman–Crippen MR) is 137 cm³/mol. The molecule has 2 aromatic rings. The summed E-state index contributed by atoms with van der Waals surface area (Å²) in [7, 11) is -3.86. The van der Waals surface area contributed by atoms with Crippen LogP contribution in [0, 0.1) is 6.92 Å². The zero-order valence-corrected chi connectivity index (χ0v) is 21.7. The topological polar surface area (TPSA) is 93.2 Å². The smallest absolute Gasteiger partial charge is 0.414 e. The summed E-state index contributed by atoms with van der Waals surface area (Å²) < 4.78 is 39.6. The number of fused-ring (bicyclic) bond motifs is 2. The molecule has 0 saturated carbocycles. The Kier molecular flexibility index (Phi) is 7.68. The van der Waals surface area contributed by atoms with Gasteiger partial charge >= 0.3 is 12.1 Å². The fourth-order valence-corrected chi connectivity index (χ4v) is 6.23. The highest BCUT2D eigenvalue weighted by Crippen LogP contribution is 2.47. The van der Waals surface area contributed by atoms with Crippen LogP contribution in [-0.4, -0.2) is 50.6 Å². The number of rotatable bonds is 8. The maximum absolute atomic E-state index is 13.7. The van der Waals surface area contributed by atoms with Crippen molar-refractivity contribution in [2.24, 2.45) is 0 Å². The zero-order valence-electron chi connectivity index (χ0n) is 20.9. The molecule has 0 aromatic heterocycles. The lowest BCUT2D eigenvalue weighted by atomic mass is 9.91. The van der Waals surface area contributed by atoms with Crippen LogP contribution < -0.4 is 4.90 Å². The second-order valence-electron chi connectivity index (χ2n) is 8.89. The molecule has 0 saturated heterocycles. The summed E-state index contributed by atoms with van der Waals surface area (Å²) in [4.78, 5) is 27.6. The fourth-order valence-electron chi connectivity index (χ4n) is 4.71. The van der Waals surface area contributed by atoms with Crippen molar-refractivity contribution < 1.29 is 27.5 Å². The Balaban J connectivity index is 1.81. The van der Waals surface area contributed by atoms with Crippen LogP contribution in [0.2, 0.25) is 0 Å². The van der Waals surface area contributed by atoms with Crippen LogP contribution in [0.3, 0.4) is 0 Å². The summed E-state index contributed by atoms with van der Waals surface area (Å²) in [6.45, 7) is 6.32. The molecule has 0 radical (unpaired) electrons. The van der Waals surface area contributed by atoms with E-state index in [4.69, 9.17) is 9.47 Å². The number of ether oxygens (including phenoxy) is 2. The van der Waals surface area contributed by atoms with E-state index in [1.165, 1.54) is 9.21 Å². The molecule has 0 N–H and O–H groups in total. The van der Waals surface area contributed by atoms with Crippen molar-refractivity contribution in [2.75, 3.05) is 24.7 Å². The van der Waals surface area contributed by atoms with Gasteiger partial charge in [0.15, 0.2) is 0 Å². The minimum Gasteiger partial charge on any atom is -0.466 e. The monoisotopic (exact) mass is 512 g/mol.